The Labute approximate surface area is 103 Å². The summed E-state index contributed by atoms with van der Waals surface area (Å²) in [5.41, 5.74) is 1.48. The number of aromatic nitrogens is 3. The molecule has 0 unspecified atom stereocenters. The molecule has 0 radical (unpaired) electrons. The van der Waals surface area contributed by atoms with Gasteiger partial charge in [-0.1, -0.05) is 18.5 Å². The molecule has 0 saturated carbocycles. The molecular weight excluding hydrogens is 246 g/mol. The number of ether oxygens (including phenoxy) is 1. The van der Waals surface area contributed by atoms with Crippen LogP contribution < -0.4 is 4.74 Å². The molecule has 84 valence electrons. The van der Waals surface area contributed by atoms with Gasteiger partial charge >= 0.3 is 0 Å². The molecule has 6 heteroatoms. The number of rotatable bonds is 4. The summed E-state index contributed by atoms with van der Waals surface area (Å²) in [6, 6.07) is 1.87. The van der Waals surface area contributed by atoms with Gasteiger partial charge in [-0.2, -0.15) is 8.75 Å². The Bertz CT molecular complexity index is 475. The molecule has 0 fully saturated rings. The van der Waals surface area contributed by atoms with Crippen molar-refractivity contribution in [3.8, 4) is 17.0 Å². The van der Waals surface area contributed by atoms with Crippen molar-refractivity contribution in [2.45, 2.75) is 13.3 Å². The second kappa shape index (κ2) is 5.23. The van der Waals surface area contributed by atoms with Gasteiger partial charge in [0.05, 0.1) is 24.5 Å². The average molecular weight is 256 g/mol. The van der Waals surface area contributed by atoms with Crippen molar-refractivity contribution in [2.75, 3.05) is 6.61 Å². The molecule has 0 aromatic carbocycles. The van der Waals surface area contributed by atoms with Gasteiger partial charge in [0.1, 0.15) is 11.4 Å². The minimum Gasteiger partial charge on any atom is -0.492 e. The van der Waals surface area contributed by atoms with Gasteiger partial charge in [-0.3, -0.25) is 4.98 Å². The predicted molar refractivity (Wildman–Crippen MR) is 63.9 cm³/mol. The Hall–Kier alpha value is -1.20. The van der Waals surface area contributed by atoms with Crippen LogP contribution in [0.3, 0.4) is 0 Å². The van der Waals surface area contributed by atoms with E-state index in [9.17, 15) is 0 Å². The lowest BCUT2D eigenvalue weighted by Crippen LogP contribution is -1.95. The summed E-state index contributed by atoms with van der Waals surface area (Å²) in [6.45, 7) is 2.73. The summed E-state index contributed by atoms with van der Waals surface area (Å²) in [5, 5.41) is 0.402. The molecular formula is C10H10ClN3OS. The Balaban J connectivity index is 2.26. The van der Waals surface area contributed by atoms with E-state index in [1.807, 2.05) is 6.07 Å². The molecule has 0 aliphatic carbocycles. The second-order valence-electron chi connectivity index (χ2n) is 3.16. The average Bonchev–Trinajstić information content (AvgIpc) is 2.73. The standard InChI is InChI=1S/C10H10ClN3OS/c1-2-3-15-8-4-7(5-12-6-8)9-10(11)14-16-13-9/h4-6H,2-3H2,1H3. The number of hydrogen-bond acceptors (Lipinski definition) is 5. The van der Waals surface area contributed by atoms with E-state index in [0.717, 1.165) is 29.5 Å². The van der Waals surface area contributed by atoms with Crippen molar-refractivity contribution < 1.29 is 4.74 Å². The highest BCUT2D eigenvalue weighted by Gasteiger charge is 2.09. The normalized spacial score (nSPS) is 10.4. The number of hydrogen-bond donors (Lipinski definition) is 0. The smallest absolute Gasteiger partial charge is 0.170 e. The summed E-state index contributed by atoms with van der Waals surface area (Å²) < 4.78 is 13.5. The van der Waals surface area contributed by atoms with Crippen LogP contribution in [0.4, 0.5) is 0 Å². The minimum absolute atomic E-state index is 0.402. The van der Waals surface area contributed by atoms with Crippen molar-refractivity contribution >= 4 is 23.3 Å². The fraction of sp³-hybridized carbons (Fsp3) is 0.300. The van der Waals surface area contributed by atoms with E-state index in [1.165, 1.54) is 0 Å². The first-order valence-corrected chi connectivity index (χ1v) is 5.98. The van der Waals surface area contributed by atoms with E-state index in [4.69, 9.17) is 16.3 Å². The zero-order valence-corrected chi connectivity index (χ0v) is 10.3. The van der Waals surface area contributed by atoms with Crippen molar-refractivity contribution in [3.05, 3.63) is 23.6 Å². The first-order valence-electron chi connectivity index (χ1n) is 4.87. The second-order valence-corrected chi connectivity index (χ2v) is 4.05. The van der Waals surface area contributed by atoms with Crippen molar-refractivity contribution in [1.29, 1.82) is 0 Å². The lowest BCUT2D eigenvalue weighted by atomic mass is 10.2. The fourth-order valence-electron chi connectivity index (χ4n) is 1.20. The Morgan fingerprint density at radius 2 is 2.25 bits per heavy atom. The van der Waals surface area contributed by atoms with E-state index in [0.29, 0.717) is 17.5 Å². The van der Waals surface area contributed by atoms with Crippen LogP contribution in [0.5, 0.6) is 5.75 Å². The molecule has 0 amide bonds. The SMILES string of the molecule is CCCOc1cncc(-c2nsnc2Cl)c1. The van der Waals surface area contributed by atoms with Gasteiger partial charge in [0.2, 0.25) is 0 Å². The van der Waals surface area contributed by atoms with Crippen molar-refractivity contribution in [1.82, 2.24) is 13.7 Å². The summed E-state index contributed by atoms with van der Waals surface area (Å²) in [6.07, 6.45) is 4.33. The van der Waals surface area contributed by atoms with Gasteiger partial charge < -0.3 is 4.74 Å². The molecule has 0 aliphatic rings. The van der Waals surface area contributed by atoms with Gasteiger partial charge in [-0.05, 0) is 12.5 Å². The third-order valence-corrected chi connectivity index (χ3v) is 2.80. The molecule has 2 rings (SSSR count). The van der Waals surface area contributed by atoms with E-state index < -0.39 is 0 Å². The van der Waals surface area contributed by atoms with Gasteiger partial charge in [0.15, 0.2) is 5.15 Å². The van der Waals surface area contributed by atoms with Crippen LogP contribution in [0.1, 0.15) is 13.3 Å². The first-order chi connectivity index (χ1) is 7.81. The van der Waals surface area contributed by atoms with E-state index in [1.54, 1.807) is 12.4 Å². The fourth-order valence-corrected chi connectivity index (χ4v) is 1.96. The van der Waals surface area contributed by atoms with Crippen LogP contribution in [-0.4, -0.2) is 20.3 Å². The molecule has 0 aliphatic heterocycles. The summed E-state index contributed by atoms with van der Waals surface area (Å²) in [7, 11) is 0. The zero-order chi connectivity index (χ0) is 11.4. The van der Waals surface area contributed by atoms with Gasteiger partial charge in [-0.25, -0.2) is 0 Å². The highest BCUT2D eigenvalue weighted by molar-refractivity contribution is 6.99. The Kier molecular flexibility index (Phi) is 3.69. The van der Waals surface area contributed by atoms with Crippen LogP contribution in [0.15, 0.2) is 18.5 Å². The van der Waals surface area contributed by atoms with Crippen LogP contribution in [-0.2, 0) is 0 Å². The quantitative estimate of drug-likeness (QED) is 0.843. The topological polar surface area (TPSA) is 47.9 Å². The lowest BCUT2D eigenvalue weighted by molar-refractivity contribution is 0.316. The molecule has 2 aromatic rings. The van der Waals surface area contributed by atoms with Crippen LogP contribution in [0.2, 0.25) is 5.15 Å². The molecule has 0 saturated heterocycles. The molecule has 2 aromatic heterocycles. The molecule has 0 atom stereocenters. The largest absolute Gasteiger partial charge is 0.492 e. The van der Waals surface area contributed by atoms with Gasteiger partial charge in [-0.15, -0.1) is 0 Å². The van der Waals surface area contributed by atoms with E-state index in [-0.39, 0.29) is 0 Å². The van der Waals surface area contributed by atoms with Crippen LogP contribution in [0, 0.1) is 0 Å². The van der Waals surface area contributed by atoms with Gasteiger partial charge in [0, 0.05) is 11.8 Å². The first kappa shape index (κ1) is 11.3. The Morgan fingerprint density at radius 1 is 1.38 bits per heavy atom. The zero-order valence-electron chi connectivity index (χ0n) is 8.68. The number of pyridine rings is 1. The minimum atomic E-state index is 0.402. The monoisotopic (exact) mass is 255 g/mol. The highest BCUT2D eigenvalue weighted by Crippen LogP contribution is 2.27. The molecule has 0 spiro atoms. The highest BCUT2D eigenvalue weighted by atomic mass is 35.5. The molecule has 0 bridgehead atoms. The van der Waals surface area contributed by atoms with Gasteiger partial charge in [0.25, 0.3) is 0 Å². The summed E-state index contributed by atoms with van der Waals surface area (Å²) in [4.78, 5) is 4.09. The van der Waals surface area contributed by atoms with Crippen LogP contribution >= 0.6 is 23.3 Å². The third-order valence-electron chi connectivity index (χ3n) is 1.91. The maximum Gasteiger partial charge on any atom is 0.170 e. The van der Waals surface area contributed by atoms with E-state index in [2.05, 4.69) is 20.7 Å². The maximum atomic E-state index is 5.90. The molecule has 2 heterocycles. The Morgan fingerprint density at radius 3 is 2.94 bits per heavy atom. The lowest BCUT2D eigenvalue weighted by Gasteiger charge is -2.04. The number of nitrogens with zero attached hydrogens (tertiary/aromatic N) is 3. The molecule has 0 N–H and O–H groups in total. The molecule has 16 heavy (non-hydrogen) atoms. The van der Waals surface area contributed by atoms with E-state index >= 15 is 0 Å². The predicted octanol–water partition coefficient (Wildman–Crippen LogP) is 3.04. The summed E-state index contributed by atoms with van der Waals surface area (Å²) >= 11 is 6.98. The number of halogens is 1. The van der Waals surface area contributed by atoms with Crippen LogP contribution in [0.25, 0.3) is 11.3 Å². The summed E-state index contributed by atoms with van der Waals surface area (Å²) in [5.74, 6) is 0.725. The van der Waals surface area contributed by atoms with Crippen molar-refractivity contribution in [2.24, 2.45) is 0 Å². The maximum absolute atomic E-state index is 5.90. The van der Waals surface area contributed by atoms with Crippen molar-refractivity contribution in [3.63, 3.8) is 0 Å². The molecule has 4 nitrogen and oxygen atoms in total. The third kappa shape index (κ3) is 2.48.